The molecule has 0 saturated heterocycles. The lowest BCUT2D eigenvalue weighted by atomic mass is 9.87. The van der Waals surface area contributed by atoms with E-state index in [0.29, 0.717) is 5.75 Å². The van der Waals surface area contributed by atoms with E-state index in [9.17, 15) is 4.39 Å². The zero-order valence-corrected chi connectivity index (χ0v) is 8.52. The first kappa shape index (κ1) is 10.0. The second-order valence-electron chi connectivity index (χ2n) is 4.10. The summed E-state index contributed by atoms with van der Waals surface area (Å²) in [4.78, 5) is 0. The Morgan fingerprint density at radius 2 is 1.85 bits per heavy atom. The van der Waals surface area contributed by atoms with Crippen molar-refractivity contribution in [2.24, 2.45) is 0 Å². The highest BCUT2D eigenvalue weighted by Crippen LogP contribution is 2.27. The molecular formula is C11H15FO. The Balaban J connectivity index is 3.14. The molecule has 2 heteroatoms. The average Bonchev–Trinajstić information content (AvgIpc) is 2.03. The normalized spacial score (nSPS) is 11.5. The predicted octanol–water partition coefficient (Wildman–Crippen LogP) is 3.13. The van der Waals surface area contributed by atoms with Crippen LogP contribution in [-0.4, -0.2) is 7.11 Å². The van der Waals surface area contributed by atoms with E-state index in [1.807, 2.05) is 0 Å². The molecule has 0 aliphatic heterocycles. The zero-order valence-electron chi connectivity index (χ0n) is 8.52. The summed E-state index contributed by atoms with van der Waals surface area (Å²) in [5.74, 6) is 0.00271. The molecule has 0 aliphatic rings. The number of benzene rings is 1. The van der Waals surface area contributed by atoms with E-state index in [2.05, 4.69) is 20.8 Å². The third-order valence-corrected chi connectivity index (χ3v) is 2.02. The van der Waals surface area contributed by atoms with Crippen LogP contribution in [0.4, 0.5) is 4.39 Å². The minimum atomic E-state index is -0.310. The molecule has 0 atom stereocenters. The number of halogens is 1. The Morgan fingerprint density at radius 3 is 2.31 bits per heavy atom. The van der Waals surface area contributed by atoms with Crippen LogP contribution in [0.1, 0.15) is 26.3 Å². The van der Waals surface area contributed by atoms with Crippen LogP contribution in [-0.2, 0) is 5.41 Å². The number of hydrogen-bond acceptors (Lipinski definition) is 1. The van der Waals surface area contributed by atoms with Gasteiger partial charge in [0.15, 0.2) is 11.6 Å². The molecule has 1 rings (SSSR count). The first-order valence-corrected chi connectivity index (χ1v) is 4.29. The fraction of sp³-hybridized carbons (Fsp3) is 0.455. The number of hydrogen-bond donors (Lipinski definition) is 0. The molecule has 1 aromatic carbocycles. The molecule has 72 valence electrons. The molecule has 0 amide bonds. The number of ether oxygens (including phenoxy) is 1. The summed E-state index contributed by atoms with van der Waals surface area (Å²) in [7, 11) is 1.48. The molecule has 0 unspecified atom stereocenters. The van der Waals surface area contributed by atoms with E-state index in [0.717, 1.165) is 5.56 Å². The van der Waals surface area contributed by atoms with Crippen molar-refractivity contribution in [2.75, 3.05) is 7.11 Å². The monoisotopic (exact) mass is 182 g/mol. The molecule has 0 N–H and O–H groups in total. The summed E-state index contributed by atoms with van der Waals surface area (Å²) in [6.45, 7) is 6.25. The smallest absolute Gasteiger partial charge is 0.165 e. The molecule has 0 bridgehead atoms. The second-order valence-corrected chi connectivity index (χ2v) is 4.10. The SMILES string of the molecule is COc1cc(C(C)(C)C)ccc1F. The predicted molar refractivity (Wildman–Crippen MR) is 51.7 cm³/mol. The van der Waals surface area contributed by atoms with Gasteiger partial charge in [0, 0.05) is 0 Å². The zero-order chi connectivity index (χ0) is 10.1. The molecule has 0 aromatic heterocycles. The van der Waals surface area contributed by atoms with Crippen LogP contribution in [0.2, 0.25) is 0 Å². The van der Waals surface area contributed by atoms with Crippen LogP contribution in [0.3, 0.4) is 0 Å². The molecule has 0 aliphatic carbocycles. The molecule has 0 saturated carbocycles. The van der Waals surface area contributed by atoms with Crippen molar-refractivity contribution >= 4 is 0 Å². The molecule has 13 heavy (non-hydrogen) atoms. The lowest BCUT2D eigenvalue weighted by Crippen LogP contribution is -2.11. The number of methoxy groups -OCH3 is 1. The Labute approximate surface area is 78.5 Å². The van der Waals surface area contributed by atoms with Gasteiger partial charge < -0.3 is 4.74 Å². The van der Waals surface area contributed by atoms with Crippen LogP contribution < -0.4 is 4.74 Å². The second kappa shape index (κ2) is 3.36. The highest BCUT2D eigenvalue weighted by molar-refractivity contribution is 5.33. The molecule has 0 heterocycles. The Hall–Kier alpha value is -1.05. The van der Waals surface area contributed by atoms with Crippen molar-refractivity contribution < 1.29 is 9.13 Å². The third kappa shape index (κ3) is 2.20. The van der Waals surface area contributed by atoms with Crippen molar-refractivity contribution in [1.29, 1.82) is 0 Å². The topological polar surface area (TPSA) is 9.23 Å². The summed E-state index contributed by atoms with van der Waals surface area (Å²) in [5, 5.41) is 0. The highest BCUT2D eigenvalue weighted by atomic mass is 19.1. The molecule has 0 radical (unpaired) electrons. The van der Waals surface area contributed by atoms with E-state index in [4.69, 9.17) is 4.74 Å². The van der Waals surface area contributed by atoms with Crippen molar-refractivity contribution in [1.82, 2.24) is 0 Å². The summed E-state index contributed by atoms with van der Waals surface area (Å²) < 4.78 is 17.9. The Kier molecular flexibility index (Phi) is 2.60. The molecule has 0 fully saturated rings. The fourth-order valence-corrected chi connectivity index (χ4v) is 1.13. The van der Waals surface area contributed by atoms with Crippen molar-refractivity contribution in [3.8, 4) is 5.75 Å². The first-order valence-electron chi connectivity index (χ1n) is 4.29. The van der Waals surface area contributed by atoms with Crippen LogP contribution in [0.5, 0.6) is 5.75 Å². The lowest BCUT2D eigenvalue weighted by molar-refractivity contribution is 0.384. The van der Waals surface area contributed by atoms with Gasteiger partial charge in [0.05, 0.1) is 7.11 Å². The van der Waals surface area contributed by atoms with Gasteiger partial charge in [0.2, 0.25) is 0 Å². The minimum absolute atomic E-state index is 0.0288. The maximum Gasteiger partial charge on any atom is 0.165 e. The maximum absolute atomic E-state index is 13.0. The van der Waals surface area contributed by atoms with E-state index in [-0.39, 0.29) is 11.2 Å². The van der Waals surface area contributed by atoms with Gasteiger partial charge in [-0.3, -0.25) is 0 Å². The van der Waals surface area contributed by atoms with Crippen LogP contribution in [0.25, 0.3) is 0 Å². The van der Waals surface area contributed by atoms with Gasteiger partial charge in [0.25, 0.3) is 0 Å². The minimum Gasteiger partial charge on any atom is -0.494 e. The fourth-order valence-electron chi connectivity index (χ4n) is 1.13. The summed E-state index contributed by atoms with van der Waals surface area (Å²) in [6.07, 6.45) is 0. The van der Waals surface area contributed by atoms with Crippen LogP contribution >= 0.6 is 0 Å². The Morgan fingerprint density at radius 1 is 1.23 bits per heavy atom. The van der Waals surface area contributed by atoms with Gasteiger partial charge in [-0.15, -0.1) is 0 Å². The lowest BCUT2D eigenvalue weighted by Gasteiger charge is -2.19. The number of rotatable bonds is 1. The summed E-state index contributed by atoms with van der Waals surface area (Å²) >= 11 is 0. The van der Waals surface area contributed by atoms with Crippen molar-refractivity contribution in [2.45, 2.75) is 26.2 Å². The van der Waals surface area contributed by atoms with E-state index in [1.54, 1.807) is 12.1 Å². The van der Waals surface area contributed by atoms with Gasteiger partial charge in [-0.2, -0.15) is 0 Å². The standard InChI is InChI=1S/C11H15FO/c1-11(2,3)8-5-6-9(12)10(7-8)13-4/h5-7H,1-4H3. The average molecular weight is 182 g/mol. The van der Waals surface area contributed by atoms with E-state index in [1.165, 1.54) is 13.2 Å². The molecule has 1 nitrogen and oxygen atoms in total. The quantitative estimate of drug-likeness (QED) is 0.648. The molecule has 0 spiro atoms. The van der Waals surface area contributed by atoms with Crippen molar-refractivity contribution in [3.05, 3.63) is 29.6 Å². The van der Waals surface area contributed by atoms with Gasteiger partial charge >= 0.3 is 0 Å². The van der Waals surface area contributed by atoms with Gasteiger partial charge in [-0.1, -0.05) is 26.8 Å². The Bertz CT molecular complexity index is 299. The van der Waals surface area contributed by atoms with Crippen LogP contribution in [0.15, 0.2) is 18.2 Å². The summed E-state index contributed by atoms with van der Waals surface area (Å²) in [6, 6.07) is 4.98. The molecule has 1 aromatic rings. The van der Waals surface area contributed by atoms with Gasteiger partial charge in [-0.25, -0.2) is 4.39 Å². The first-order chi connectivity index (χ1) is 5.95. The highest BCUT2D eigenvalue weighted by Gasteiger charge is 2.15. The summed E-state index contributed by atoms with van der Waals surface area (Å²) in [5.41, 5.74) is 1.10. The third-order valence-electron chi connectivity index (χ3n) is 2.02. The van der Waals surface area contributed by atoms with Crippen molar-refractivity contribution in [3.63, 3.8) is 0 Å². The van der Waals surface area contributed by atoms with E-state index < -0.39 is 0 Å². The maximum atomic E-state index is 13.0. The largest absolute Gasteiger partial charge is 0.494 e. The van der Waals surface area contributed by atoms with E-state index >= 15 is 0 Å². The van der Waals surface area contributed by atoms with Crippen LogP contribution in [0, 0.1) is 5.82 Å². The van der Waals surface area contributed by atoms with Gasteiger partial charge in [-0.05, 0) is 23.1 Å². The van der Waals surface area contributed by atoms with Gasteiger partial charge in [0.1, 0.15) is 0 Å². The molecular weight excluding hydrogens is 167 g/mol.